The zero-order valence-electron chi connectivity index (χ0n) is 17.3. The van der Waals surface area contributed by atoms with Crippen LogP contribution in [0.3, 0.4) is 0 Å². The van der Waals surface area contributed by atoms with E-state index in [0.717, 1.165) is 30.0 Å². The molecule has 1 fully saturated rings. The predicted octanol–water partition coefficient (Wildman–Crippen LogP) is 2.95. The molecule has 160 valence electrons. The van der Waals surface area contributed by atoms with Gasteiger partial charge in [-0.25, -0.2) is 0 Å². The molecule has 0 radical (unpaired) electrons. The summed E-state index contributed by atoms with van der Waals surface area (Å²) in [6.45, 7) is 2.29. The third-order valence-electron chi connectivity index (χ3n) is 6.02. The summed E-state index contributed by atoms with van der Waals surface area (Å²) in [7, 11) is 3.40. The fourth-order valence-electron chi connectivity index (χ4n) is 4.35. The van der Waals surface area contributed by atoms with Crippen LogP contribution in [0.2, 0.25) is 0 Å². The van der Waals surface area contributed by atoms with Gasteiger partial charge in [0.2, 0.25) is 11.8 Å². The van der Waals surface area contributed by atoms with Gasteiger partial charge in [0.15, 0.2) is 0 Å². The molecule has 0 aliphatic carbocycles. The molecular formula is C23H28ClN3O3. The molecule has 0 saturated carbocycles. The van der Waals surface area contributed by atoms with Crippen LogP contribution in [0.25, 0.3) is 0 Å². The number of benzene rings is 2. The fraction of sp³-hybridized carbons (Fsp3) is 0.391. The number of nitrogens with zero attached hydrogens (tertiary/aromatic N) is 1. The number of halogens is 1. The van der Waals surface area contributed by atoms with E-state index in [2.05, 4.69) is 28.8 Å². The van der Waals surface area contributed by atoms with E-state index >= 15 is 0 Å². The molecule has 7 heteroatoms. The Bertz CT molecular complexity index is 916. The summed E-state index contributed by atoms with van der Waals surface area (Å²) in [4.78, 5) is 27.1. The standard InChI is InChI=1S/C23H27N3O3.ClH/c1-26-21(27)10-9-20(22(26)16-5-7-19(29-2)8-6-16)23(28)25-12-15-3-4-17-13-24-14-18(17)11-15;/h3-8,11,20,22,24H,9-10,12-14H2,1-2H3,(H,25,28);1H. The number of ether oxygens (including phenoxy) is 1. The molecule has 30 heavy (non-hydrogen) atoms. The van der Waals surface area contributed by atoms with Crippen molar-refractivity contribution in [1.82, 2.24) is 15.5 Å². The van der Waals surface area contributed by atoms with Crippen molar-refractivity contribution in [3.05, 3.63) is 64.7 Å². The van der Waals surface area contributed by atoms with Gasteiger partial charge in [-0.05, 0) is 40.8 Å². The van der Waals surface area contributed by atoms with Gasteiger partial charge in [-0.2, -0.15) is 0 Å². The van der Waals surface area contributed by atoms with Crippen LogP contribution in [0.1, 0.15) is 41.1 Å². The minimum absolute atomic E-state index is 0. The highest BCUT2D eigenvalue weighted by Crippen LogP contribution is 2.36. The Hall–Kier alpha value is -2.57. The van der Waals surface area contributed by atoms with Crippen LogP contribution in [0, 0.1) is 5.92 Å². The molecule has 2 aromatic rings. The lowest BCUT2D eigenvalue weighted by Crippen LogP contribution is -2.46. The van der Waals surface area contributed by atoms with Crippen molar-refractivity contribution in [2.24, 2.45) is 5.92 Å². The van der Waals surface area contributed by atoms with Gasteiger partial charge in [0.1, 0.15) is 5.75 Å². The lowest BCUT2D eigenvalue weighted by molar-refractivity contribution is -0.141. The monoisotopic (exact) mass is 429 g/mol. The van der Waals surface area contributed by atoms with Crippen LogP contribution >= 0.6 is 12.4 Å². The van der Waals surface area contributed by atoms with E-state index in [4.69, 9.17) is 4.74 Å². The first-order valence-corrected chi connectivity index (χ1v) is 10.1. The minimum atomic E-state index is -0.276. The molecule has 4 rings (SSSR count). The van der Waals surface area contributed by atoms with Crippen molar-refractivity contribution in [1.29, 1.82) is 0 Å². The summed E-state index contributed by atoms with van der Waals surface area (Å²) in [5.74, 6) is 0.539. The Morgan fingerprint density at radius 1 is 1.17 bits per heavy atom. The molecule has 6 nitrogen and oxygen atoms in total. The van der Waals surface area contributed by atoms with Crippen molar-refractivity contribution in [2.75, 3.05) is 14.2 Å². The molecule has 2 unspecified atom stereocenters. The highest BCUT2D eigenvalue weighted by atomic mass is 35.5. The topological polar surface area (TPSA) is 70.7 Å². The zero-order chi connectivity index (χ0) is 20.4. The lowest BCUT2D eigenvalue weighted by atomic mass is 9.84. The molecule has 2 atom stereocenters. The van der Waals surface area contributed by atoms with Crippen molar-refractivity contribution >= 4 is 24.2 Å². The zero-order valence-corrected chi connectivity index (χ0v) is 18.1. The number of methoxy groups -OCH3 is 1. The number of nitrogens with one attached hydrogen (secondary N) is 2. The third-order valence-corrected chi connectivity index (χ3v) is 6.02. The number of carbonyl (C=O) groups excluding carboxylic acids is 2. The first kappa shape index (κ1) is 22.1. The number of fused-ring (bicyclic) bond motifs is 1. The van der Waals surface area contributed by atoms with Gasteiger partial charge in [0.25, 0.3) is 0 Å². The predicted molar refractivity (Wildman–Crippen MR) is 117 cm³/mol. The van der Waals surface area contributed by atoms with Crippen LogP contribution in [-0.4, -0.2) is 30.9 Å². The number of hydrogen-bond acceptors (Lipinski definition) is 4. The summed E-state index contributed by atoms with van der Waals surface area (Å²) in [6.07, 6.45) is 0.950. The van der Waals surface area contributed by atoms with E-state index < -0.39 is 0 Å². The van der Waals surface area contributed by atoms with Crippen molar-refractivity contribution < 1.29 is 14.3 Å². The van der Waals surface area contributed by atoms with Gasteiger partial charge in [-0.15, -0.1) is 12.4 Å². The molecule has 2 amide bonds. The molecule has 2 heterocycles. The van der Waals surface area contributed by atoms with Gasteiger partial charge >= 0.3 is 0 Å². The Balaban J connectivity index is 0.00000256. The quantitative estimate of drug-likeness (QED) is 0.766. The summed E-state index contributed by atoms with van der Waals surface area (Å²) >= 11 is 0. The molecule has 2 N–H and O–H groups in total. The Morgan fingerprint density at radius 3 is 2.63 bits per heavy atom. The molecule has 0 aromatic heterocycles. The van der Waals surface area contributed by atoms with Crippen LogP contribution in [-0.2, 0) is 29.2 Å². The largest absolute Gasteiger partial charge is 0.497 e. The summed E-state index contributed by atoms with van der Waals surface area (Å²) in [6, 6.07) is 13.7. The molecule has 2 aliphatic rings. The molecule has 2 aliphatic heterocycles. The Labute approximate surface area is 183 Å². The second kappa shape index (κ2) is 9.49. The van der Waals surface area contributed by atoms with E-state index in [9.17, 15) is 9.59 Å². The number of piperidine rings is 1. The summed E-state index contributed by atoms with van der Waals surface area (Å²) < 4.78 is 5.23. The first-order chi connectivity index (χ1) is 14.1. The number of carbonyl (C=O) groups is 2. The summed E-state index contributed by atoms with van der Waals surface area (Å²) in [5.41, 5.74) is 4.68. The maximum atomic E-state index is 13.1. The van der Waals surface area contributed by atoms with Crippen LogP contribution < -0.4 is 15.4 Å². The fourth-order valence-corrected chi connectivity index (χ4v) is 4.35. The molecule has 1 saturated heterocycles. The number of rotatable bonds is 5. The SMILES string of the molecule is COc1ccc(C2C(C(=O)NCc3ccc4c(c3)CNC4)CCC(=O)N2C)cc1.Cl. The van der Waals surface area contributed by atoms with E-state index in [1.165, 1.54) is 11.1 Å². The third kappa shape index (κ3) is 4.45. The van der Waals surface area contributed by atoms with Crippen LogP contribution in [0.4, 0.5) is 0 Å². The maximum absolute atomic E-state index is 13.1. The second-order valence-corrected chi connectivity index (χ2v) is 7.79. The van der Waals surface area contributed by atoms with Crippen LogP contribution in [0.5, 0.6) is 5.75 Å². The van der Waals surface area contributed by atoms with Gasteiger partial charge in [0.05, 0.1) is 19.1 Å². The molecule has 0 bridgehead atoms. The number of hydrogen-bond donors (Lipinski definition) is 2. The number of likely N-dealkylation sites (tertiary alicyclic amines) is 1. The lowest BCUT2D eigenvalue weighted by Gasteiger charge is -2.38. The van der Waals surface area contributed by atoms with E-state index in [1.54, 1.807) is 19.1 Å². The summed E-state index contributed by atoms with van der Waals surface area (Å²) in [5, 5.41) is 6.43. The number of amides is 2. The van der Waals surface area contributed by atoms with E-state index in [-0.39, 0.29) is 36.2 Å². The average molecular weight is 430 g/mol. The minimum Gasteiger partial charge on any atom is -0.497 e. The first-order valence-electron chi connectivity index (χ1n) is 10.1. The van der Waals surface area contributed by atoms with E-state index in [0.29, 0.717) is 19.4 Å². The highest BCUT2D eigenvalue weighted by Gasteiger charge is 2.38. The second-order valence-electron chi connectivity index (χ2n) is 7.79. The normalized spacial score (nSPS) is 20.3. The maximum Gasteiger partial charge on any atom is 0.225 e. The molecular weight excluding hydrogens is 402 g/mol. The Morgan fingerprint density at radius 2 is 1.90 bits per heavy atom. The highest BCUT2D eigenvalue weighted by molar-refractivity contribution is 5.85. The van der Waals surface area contributed by atoms with Crippen molar-refractivity contribution in [3.63, 3.8) is 0 Å². The van der Waals surface area contributed by atoms with Crippen molar-refractivity contribution in [2.45, 2.75) is 38.5 Å². The van der Waals surface area contributed by atoms with Crippen LogP contribution in [0.15, 0.2) is 42.5 Å². The smallest absolute Gasteiger partial charge is 0.225 e. The van der Waals surface area contributed by atoms with Gasteiger partial charge in [-0.3, -0.25) is 9.59 Å². The van der Waals surface area contributed by atoms with Gasteiger partial charge < -0.3 is 20.3 Å². The van der Waals surface area contributed by atoms with Gasteiger partial charge in [0, 0.05) is 33.1 Å². The molecule has 0 spiro atoms. The van der Waals surface area contributed by atoms with Crippen molar-refractivity contribution in [3.8, 4) is 5.75 Å². The Kier molecular flexibility index (Phi) is 7.00. The molecule has 2 aromatic carbocycles. The van der Waals surface area contributed by atoms with E-state index in [1.807, 2.05) is 24.3 Å². The van der Waals surface area contributed by atoms with Gasteiger partial charge in [-0.1, -0.05) is 30.3 Å². The average Bonchev–Trinajstić information content (AvgIpc) is 3.22.